The molecule has 2 heterocycles. The third-order valence-electron chi connectivity index (χ3n) is 4.20. The van der Waals surface area contributed by atoms with Crippen LogP contribution >= 0.6 is 35.3 Å². The number of nitrogens with zero attached hydrogens (tertiary/aromatic N) is 3. The van der Waals surface area contributed by atoms with E-state index in [1.807, 2.05) is 7.05 Å². The summed E-state index contributed by atoms with van der Waals surface area (Å²) in [6, 6.07) is 0.635. The van der Waals surface area contributed by atoms with Gasteiger partial charge in [-0.3, -0.25) is 9.89 Å². The molecule has 2 rings (SSSR count). The Labute approximate surface area is 161 Å². The minimum absolute atomic E-state index is 0. The van der Waals surface area contributed by atoms with Crippen LogP contribution in [0.1, 0.15) is 50.2 Å². The van der Waals surface area contributed by atoms with Gasteiger partial charge in [-0.05, 0) is 31.8 Å². The Hall–Kier alpha value is -0.410. The second kappa shape index (κ2) is 10.5. The molecule has 0 radical (unpaired) electrons. The number of hydrogen-bond donors (Lipinski definition) is 2. The van der Waals surface area contributed by atoms with Crippen LogP contribution in [0.4, 0.5) is 0 Å². The molecule has 0 spiro atoms. The fourth-order valence-electron chi connectivity index (χ4n) is 2.81. The van der Waals surface area contributed by atoms with Gasteiger partial charge in [0.25, 0.3) is 0 Å². The summed E-state index contributed by atoms with van der Waals surface area (Å²) in [5.74, 6) is 1.36. The van der Waals surface area contributed by atoms with Gasteiger partial charge < -0.3 is 10.6 Å². The molecule has 1 aliphatic rings. The van der Waals surface area contributed by atoms with Crippen LogP contribution in [0.25, 0.3) is 0 Å². The first-order valence-electron chi connectivity index (χ1n) is 8.26. The van der Waals surface area contributed by atoms with Gasteiger partial charge in [0, 0.05) is 25.0 Å². The number of nitrogens with one attached hydrogen (secondary N) is 2. The van der Waals surface area contributed by atoms with Gasteiger partial charge in [0.1, 0.15) is 5.01 Å². The Morgan fingerprint density at radius 1 is 1.48 bits per heavy atom. The first kappa shape index (κ1) is 20.6. The van der Waals surface area contributed by atoms with Crippen molar-refractivity contribution in [2.45, 2.75) is 52.1 Å². The van der Waals surface area contributed by atoms with E-state index >= 15 is 0 Å². The lowest BCUT2D eigenvalue weighted by molar-refractivity contribution is 0.267. The molecule has 1 saturated heterocycles. The number of guanidine groups is 1. The quantitative estimate of drug-likeness (QED) is 0.397. The zero-order valence-electron chi connectivity index (χ0n) is 14.6. The fourth-order valence-corrected chi connectivity index (χ4v) is 3.70. The van der Waals surface area contributed by atoms with Crippen LogP contribution in [0, 0.1) is 0 Å². The highest BCUT2D eigenvalue weighted by atomic mass is 127. The van der Waals surface area contributed by atoms with Crippen LogP contribution in [0.2, 0.25) is 0 Å². The van der Waals surface area contributed by atoms with E-state index in [1.54, 1.807) is 11.3 Å². The monoisotopic (exact) mass is 451 g/mol. The van der Waals surface area contributed by atoms with Crippen molar-refractivity contribution >= 4 is 41.3 Å². The van der Waals surface area contributed by atoms with Crippen molar-refractivity contribution in [3.05, 3.63) is 16.1 Å². The van der Waals surface area contributed by atoms with Crippen LogP contribution in [0.3, 0.4) is 0 Å². The molecular weight excluding hydrogens is 421 g/mol. The van der Waals surface area contributed by atoms with Gasteiger partial charge in [-0.2, -0.15) is 0 Å². The van der Waals surface area contributed by atoms with Crippen molar-refractivity contribution in [2.75, 3.05) is 26.7 Å². The average Bonchev–Trinajstić information content (AvgIpc) is 3.16. The molecule has 1 aromatic heterocycles. The van der Waals surface area contributed by atoms with Crippen LogP contribution in [-0.2, 0) is 6.54 Å². The van der Waals surface area contributed by atoms with Crippen LogP contribution in [-0.4, -0.2) is 48.6 Å². The first-order chi connectivity index (χ1) is 10.6. The fraction of sp³-hybridized carbons (Fsp3) is 0.750. The highest BCUT2D eigenvalue weighted by Gasteiger charge is 2.22. The maximum atomic E-state index is 4.64. The summed E-state index contributed by atoms with van der Waals surface area (Å²) in [6.07, 6.45) is 2.59. The van der Waals surface area contributed by atoms with Gasteiger partial charge in [-0.25, -0.2) is 4.98 Å². The van der Waals surface area contributed by atoms with Gasteiger partial charge in [0.15, 0.2) is 5.96 Å². The van der Waals surface area contributed by atoms with Crippen molar-refractivity contribution in [1.29, 1.82) is 0 Å². The summed E-state index contributed by atoms with van der Waals surface area (Å²) in [5.41, 5.74) is 1.18. The van der Waals surface area contributed by atoms with E-state index in [1.165, 1.54) is 25.1 Å². The molecule has 1 unspecified atom stereocenters. The second-order valence-corrected chi connectivity index (χ2v) is 6.99. The minimum atomic E-state index is 0. The number of halogens is 1. The lowest BCUT2D eigenvalue weighted by Gasteiger charge is -2.23. The number of hydrogen-bond acceptors (Lipinski definition) is 4. The Bertz CT molecular complexity index is 489. The van der Waals surface area contributed by atoms with Crippen molar-refractivity contribution in [3.8, 4) is 0 Å². The Morgan fingerprint density at radius 2 is 2.26 bits per heavy atom. The van der Waals surface area contributed by atoms with Gasteiger partial charge in [0.05, 0.1) is 12.2 Å². The standard InChI is InChI=1S/C16H29N5S.HI/c1-5-21-8-6-7-13(21)9-18-16(17-4)19-10-15-20-14(11-22-15)12(2)3;/h11-13H,5-10H2,1-4H3,(H2,17,18,19);1H. The van der Waals surface area contributed by atoms with E-state index < -0.39 is 0 Å². The predicted octanol–water partition coefficient (Wildman–Crippen LogP) is 3.03. The number of aliphatic imine (C=N–C) groups is 1. The van der Waals surface area contributed by atoms with E-state index in [4.69, 9.17) is 0 Å². The largest absolute Gasteiger partial charge is 0.355 e. The topological polar surface area (TPSA) is 52.5 Å². The van der Waals surface area contributed by atoms with E-state index in [0.717, 1.165) is 30.6 Å². The highest BCUT2D eigenvalue weighted by Crippen LogP contribution is 2.17. The molecule has 0 aliphatic carbocycles. The average molecular weight is 451 g/mol. The van der Waals surface area contributed by atoms with Crippen molar-refractivity contribution in [2.24, 2.45) is 4.99 Å². The number of rotatable bonds is 6. The summed E-state index contributed by atoms with van der Waals surface area (Å²) in [5, 5.41) is 10.1. The van der Waals surface area contributed by atoms with E-state index in [2.05, 4.69) is 51.7 Å². The number of likely N-dealkylation sites (tertiary alicyclic amines) is 1. The molecule has 0 saturated carbocycles. The van der Waals surface area contributed by atoms with Crippen molar-refractivity contribution < 1.29 is 0 Å². The van der Waals surface area contributed by atoms with Gasteiger partial charge in [-0.15, -0.1) is 35.3 Å². The number of thiazole rings is 1. The van der Waals surface area contributed by atoms with Crippen LogP contribution < -0.4 is 10.6 Å². The summed E-state index contributed by atoms with van der Waals surface area (Å²) in [4.78, 5) is 11.5. The SMILES string of the molecule is CCN1CCCC1CNC(=NC)NCc1nc(C(C)C)cs1.I. The summed E-state index contributed by atoms with van der Waals surface area (Å²) in [6.45, 7) is 10.6. The van der Waals surface area contributed by atoms with E-state index in [0.29, 0.717) is 12.0 Å². The zero-order valence-corrected chi connectivity index (χ0v) is 17.8. The lowest BCUT2D eigenvalue weighted by atomic mass is 10.2. The molecule has 1 aliphatic heterocycles. The highest BCUT2D eigenvalue weighted by molar-refractivity contribution is 14.0. The molecule has 0 bridgehead atoms. The number of likely N-dealkylation sites (N-methyl/N-ethyl adjacent to an activating group) is 1. The molecule has 2 N–H and O–H groups in total. The summed E-state index contributed by atoms with van der Waals surface area (Å²) < 4.78 is 0. The molecule has 5 nitrogen and oxygen atoms in total. The molecule has 1 aromatic rings. The normalized spacial score (nSPS) is 19.0. The maximum Gasteiger partial charge on any atom is 0.191 e. The molecular formula is C16H30IN5S. The Balaban J connectivity index is 0.00000264. The summed E-state index contributed by atoms with van der Waals surface area (Å²) in [7, 11) is 1.82. The zero-order chi connectivity index (χ0) is 15.9. The molecule has 1 atom stereocenters. The molecule has 0 aromatic carbocycles. The second-order valence-electron chi connectivity index (χ2n) is 6.05. The molecule has 23 heavy (non-hydrogen) atoms. The van der Waals surface area contributed by atoms with Crippen molar-refractivity contribution in [3.63, 3.8) is 0 Å². The molecule has 7 heteroatoms. The van der Waals surface area contributed by atoms with Gasteiger partial charge in [0.2, 0.25) is 0 Å². The van der Waals surface area contributed by atoms with Gasteiger partial charge in [-0.1, -0.05) is 20.8 Å². The maximum absolute atomic E-state index is 4.64. The van der Waals surface area contributed by atoms with Crippen molar-refractivity contribution in [1.82, 2.24) is 20.5 Å². The third-order valence-corrected chi connectivity index (χ3v) is 5.07. The summed E-state index contributed by atoms with van der Waals surface area (Å²) >= 11 is 1.71. The Morgan fingerprint density at radius 3 is 2.87 bits per heavy atom. The molecule has 1 fully saturated rings. The molecule has 132 valence electrons. The minimum Gasteiger partial charge on any atom is -0.355 e. The molecule has 0 amide bonds. The smallest absolute Gasteiger partial charge is 0.191 e. The van der Waals surface area contributed by atoms with E-state index in [9.17, 15) is 0 Å². The van der Waals surface area contributed by atoms with Crippen LogP contribution in [0.5, 0.6) is 0 Å². The Kier molecular flexibility index (Phi) is 9.38. The van der Waals surface area contributed by atoms with Gasteiger partial charge >= 0.3 is 0 Å². The number of aromatic nitrogens is 1. The lowest BCUT2D eigenvalue weighted by Crippen LogP contribution is -2.44. The van der Waals surface area contributed by atoms with E-state index in [-0.39, 0.29) is 24.0 Å². The predicted molar refractivity (Wildman–Crippen MR) is 110 cm³/mol. The first-order valence-corrected chi connectivity index (χ1v) is 9.14. The third kappa shape index (κ3) is 6.19. The van der Waals surface area contributed by atoms with Crippen LogP contribution in [0.15, 0.2) is 10.4 Å².